The normalized spacial score (nSPS) is 15.2. The van der Waals surface area contributed by atoms with Crippen LogP contribution in [0.4, 0.5) is 0 Å². The fourth-order valence-corrected chi connectivity index (χ4v) is 2.74. The number of rotatable bonds is 10. The Labute approximate surface area is 169 Å². The van der Waals surface area contributed by atoms with Gasteiger partial charge in [-0.2, -0.15) is 0 Å². The topological polar surface area (TPSA) is 54.9 Å². The van der Waals surface area contributed by atoms with E-state index < -0.39 is 0 Å². The number of ether oxygens (including phenoxy) is 2. The van der Waals surface area contributed by atoms with Crippen molar-refractivity contribution >= 4 is 29.9 Å². The zero-order valence-electron chi connectivity index (χ0n) is 15.6. The quantitative estimate of drug-likeness (QED) is 0.242. The lowest BCUT2D eigenvalue weighted by molar-refractivity contribution is 0.128. The van der Waals surface area contributed by atoms with E-state index in [0.29, 0.717) is 12.0 Å². The molecule has 5 nitrogen and oxygen atoms in total. The largest absolute Gasteiger partial charge is 0.496 e. The van der Waals surface area contributed by atoms with Crippen molar-refractivity contribution in [3.63, 3.8) is 0 Å². The second-order valence-corrected chi connectivity index (χ2v) is 6.31. The minimum Gasteiger partial charge on any atom is -0.496 e. The van der Waals surface area contributed by atoms with Crippen molar-refractivity contribution in [2.45, 2.75) is 39.7 Å². The van der Waals surface area contributed by atoms with Crippen LogP contribution in [0.2, 0.25) is 0 Å². The maximum Gasteiger partial charge on any atom is 0.191 e. The molecule has 6 heteroatoms. The third-order valence-electron chi connectivity index (χ3n) is 4.51. The highest BCUT2D eigenvalue weighted by Crippen LogP contribution is 2.48. The van der Waals surface area contributed by atoms with Crippen molar-refractivity contribution in [3.05, 3.63) is 29.8 Å². The summed E-state index contributed by atoms with van der Waals surface area (Å²) < 4.78 is 10.9. The molecule has 2 rings (SSSR count). The van der Waals surface area contributed by atoms with Gasteiger partial charge in [0.25, 0.3) is 0 Å². The Morgan fingerprint density at radius 2 is 1.96 bits per heavy atom. The molecule has 142 valence electrons. The average Bonchev–Trinajstić information content (AvgIpc) is 3.38. The predicted molar refractivity (Wildman–Crippen MR) is 114 cm³/mol. The molecule has 1 saturated carbocycles. The average molecular weight is 461 g/mol. The molecule has 1 aromatic carbocycles. The van der Waals surface area contributed by atoms with Crippen LogP contribution in [-0.4, -0.2) is 39.4 Å². The molecule has 0 bridgehead atoms. The number of para-hydroxylation sites is 1. The number of nitrogens with one attached hydrogen (secondary N) is 2. The molecule has 0 aromatic heterocycles. The number of benzene rings is 1. The van der Waals surface area contributed by atoms with Crippen molar-refractivity contribution in [1.82, 2.24) is 10.6 Å². The predicted octanol–water partition coefficient (Wildman–Crippen LogP) is 3.58. The Morgan fingerprint density at radius 3 is 2.60 bits per heavy atom. The Morgan fingerprint density at radius 1 is 1.20 bits per heavy atom. The van der Waals surface area contributed by atoms with Crippen molar-refractivity contribution in [2.24, 2.45) is 10.4 Å². The fourth-order valence-electron chi connectivity index (χ4n) is 2.74. The minimum atomic E-state index is 0. The molecule has 0 spiro atoms. The summed E-state index contributed by atoms with van der Waals surface area (Å²) in [6.07, 6.45) is 3.68. The summed E-state index contributed by atoms with van der Waals surface area (Å²) in [6.45, 7) is 8.19. The highest BCUT2D eigenvalue weighted by molar-refractivity contribution is 14.0. The standard InChI is InChI=1S/C19H31N3O2.HI/c1-4-20-18(21-14-16-8-6-7-9-17(16)23-3)22-15-19(10-11-19)12-13-24-5-2;/h6-9H,4-5,10-15H2,1-3H3,(H2,20,21,22);1H. The van der Waals surface area contributed by atoms with E-state index in [0.717, 1.165) is 50.0 Å². The first-order valence-electron chi connectivity index (χ1n) is 8.95. The van der Waals surface area contributed by atoms with Crippen molar-refractivity contribution in [2.75, 3.05) is 33.4 Å². The number of halogens is 1. The summed E-state index contributed by atoms with van der Waals surface area (Å²) in [4.78, 5) is 4.70. The number of nitrogens with zero attached hydrogens (tertiary/aromatic N) is 1. The lowest BCUT2D eigenvalue weighted by atomic mass is 10.0. The molecular weight excluding hydrogens is 429 g/mol. The smallest absolute Gasteiger partial charge is 0.191 e. The van der Waals surface area contributed by atoms with E-state index in [1.807, 2.05) is 25.1 Å². The van der Waals surface area contributed by atoms with Crippen LogP contribution in [0.5, 0.6) is 5.75 Å². The number of aliphatic imine (C=N–C) groups is 1. The monoisotopic (exact) mass is 461 g/mol. The van der Waals surface area contributed by atoms with E-state index in [1.165, 1.54) is 12.8 Å². The van der Waals surface area contributed by atoms with E-state index in [-0.39, 0.29) is 24.0 Å². The molecule has 0 amide bonds. The third-order valence-corrected chi connectivity index (χ3v) is 4.51. The van der Waals surface area contributed by atoms with Crippen LogP contribution >= 0.6 is 24.0 Å². The van der Waals surface area contributed by atoms with Crippen LogP contribution < -0.4 is 15.4 Å². The summed E-state index contributed by atoms with van der Waals surface area (Å²) in [5.41, 5.74) is 1.49. The number of hydrogen-bond acceptors (Lipinski definition) is 3. The number of hydrogen-bond donors (Lipinski definition) is 2. The van der Waals surface area contributed by atoms with Gasteiger partial charge in [-0.3, -0.25) is 0 Å². The molecule has 0 atom stereocenters. The maximum absolute atomic E-state index is 5.51. The molecule has 1 aliphatic rings. The van der Waals surface area contributed by atoms with Gasteiger partial charge in [-0.15, -0.1) is 24.0 Å². The molecule has 1 aromatic rings. The second kappa shape index (κ2) is 11.6. The lowest BCUT2D eigenvalue weighted by Gasteiger charge is -2.18. The van der Waals surface area contributed by atoms with Gasteiger partial charge in [-0.1, -0.05) is 18.2 Å². The molecule has 0 heterocycles. The minimum absolute atomic E-state index is 0. The van der Waals surface area contributed by atoms with Gasteiger partial charge in [-0.25, -0.2) is 4.99 Å². The van der Waals surface area contributed by atoms with Gasteiger partial charge in [0.1, 0.15) is 5.75 Å². The molecule has 25 heavy (non-hydrogen) atoms. The second-order valence-electron chi connectivity index (χ2n) is 6.31. The van der Waals surface area contributed by atoms with Gasteiger partial charge in [0.2, 0.25) is 0 Å². The molecule has 0 unspecified atom stereocenters. The zero-order valence-corrected chi connectivity index (χ0v) is 18.0. The summed E-state index contributed by atoms with van der Waals surface area (Å²) in [7, 11) is 1.70. The molecule has 1 fully saturated rings. The van der Waals surface area contributed by atoms with E-state index in [9.17, 15) is 0 Å². The van der Waals surface area contributed by atoms with Crippen LogP contribution in [-0.2, 0) is 11.3 Å². The number of guanidine groups is 1. The van der Waals surface area contributed by atoms with Gasteiger partial charge in [0, 0.05) is 31.9 Å². The highest BCUT2D eigenvalue weighted by atomic mass is 127. The Bertz CT molecular complexity index is 533. The fraction of sp³-hybridized carbons (Fsp3) is 0.632. The van der Waals surface area contributed by atoms with Gasteiger partial charge in [0.05, 0.1) is 13.7 Å². The first kappa shape index (κ1) is 22.0. The van der Waals surface area contributed by atoms with Gasteiger partial charge >= 0.3 is 0 Å². The van der Waals surface area contributed by atoms with Crippen LogP contribution in [0.3, 0.4) is 0 Å². The first-order valence-corrected chi connectivity index (χ1v) is 8.95. The SMILES string of the molecule is CCNC(=NCc1ccccc1OC)NCC1(CCOCC)CC1.I. The third kappa shape index (κ3) is 7.40. The van der Waals surface area contributed by atoms with Gasteiger partial charge in [0.15, 0.2) is 5.96 Å². The van der Waals surface area contributed by atoms with E-state index >= 15 is 0 Å². The van der Waals surface area contributed by atoms with Crippen LogP contribution in [0.25, 0.3) is 0 Å². The molecule has 0 saturated heterocycles. The first-order chi connectivity index (χ1) is 11.7. The van der Waals surface area contributed by atoms with Crippen molar-refractivity contribution < 1.29 is 9.47 Å². The van der Waals surface area contributed by atoms with Crippen molar-refractivity contribution in [1.29, 1.82) is 0 Å². The van der Waals surface area contributed by atoms with E-state index in [4.69, 9.17) is 14.5 Å². The molecule has 2 N–H and O–H groups in total. The summed E-state index contributed by atoms with van der Waals surface area (Å²) in [5, 5.41) is 6.83. The maximum atomic E-state index is 5.51. The molecule has 0 aliphatic heterocycles. The Balaban J connectivity index is 0.00000312. The summed E-state index contributed by atoms with van der Waals surface area (Å²) in [5.74, 6) is 1.75. The molecule has 1 aliphatic carbocycles. The lowest BCUT2D eigenvalue weighted by Crippen LogP contribution is -2.40. The van der Waals surface area contributed by atoms with Crippen LogP contribution in [0, 0.1) is 5.41 Å². The summed E-state index contributed by atoms with van der Waals surface area (Å²) in [6, 6.07) is 8.01. The molecular formula is C19H32IN3O2. The summed E-state index contributed by atoms with van der Waals surface area (Å²) >= 11 is 0. The highest BCUT2D eigenvalue weighted by Gasteiger charge is 2.41. The molecule has 0 radical (unpaired) electrons. The van der Waals surface area contributed by atoms with E-state index in [1.54, 1.807) is 7.11 Å². The van der Waals surface area contributed by atoms with Gasteiger partial charge < -0.3 is 20.1 Å². The number of methoxy groups -OCH3 is 1. The van der Waals surface area contributed by atoms with Gasteiger partial charge in [-0.05, 0) is 44.6 Å². The van der Waals surface area contributed by atoms with E-state index in [2.05, 4.69) is 23.6 Å². The van der Waals surface area contributed by atoms with Crippen LogP contribution in [0.1, 0.15) is 38.7 Å². The Kier molecular flexibility index (Phi) is 10.2. The zero-order chi connectivity index (χ0) is 17.3. The van der Waals surface area contributed by atoms with Crippen LogP contribution in [0.15, 0.2) is 29.3 Å². The Hall–Kier alpha value is -1.02. The van der Waals surface area contributed by atoms with Crippen molar-refractivity contribution in [3.8, 4) is 5.75 Å².